The molecule has 2 rings (SSSR count). The number of hydrogen-bond donors (Lipinski definition) is 2. The van der Waals surface area contributed by atoms with Crippen molar-refractivity contribution in [1.82, 2.24) is 5.32 Å². The predicted octanol–water partition coefficient (Wildman–Crippen LogP) is 3.84. The van der Waals surface area contributed by atoms with Crippen molar-refractivity contribution >= 4 is 22.6 Å². The van der Waals surface area contributed by atoms with Crippen LogP contribution in [0.5, 0.6) is 0 Å². The van der Waals surface area contributed by atoms with E-state index in [1.807, 2.05) is 18.2 Å². The highest BCUT2D eigenvalue weighted by atomic mass is 35.5. The summed E-state index contributed by atoms with van der Waals surface area (Å²) < 4.78 is 0. The van der Waals surface area contributed by atoms with Crippen molar-refractivity contribution in [3.63, 3.8) is 0 Å². The average Bonchev–Trinajstić information content (AvgIpc) is 2.48. The van der Waals surface area contributed by atoms with Crippen LogP contribution in [-0.2, 0) is 11.2 Å². The molecule has 0 unspecified atom stereocenters. The second-order valence-corrected chi connectivity index (χ2v) is 5.00. The van der Waals surface area contributed by atoms with Gasteiger partial charge in [0.2, 0.25) is 0 Å². The van der Waals surface area contributed by atoms with Crippen molar-refractivity contribution in [3.05, 3.63) is 53.1 Å². The number of carboxylic acids is 1. The third-order valence-electron chi connectivity index (χ3n) is 3.13. The van der Waals surface area contributed by atoms with Crippen molar-refractivity contribution in [2.45, 2.75) is 26.7 Å². The molecule has 1 aliphatic rings. The molecule has 0 aliphatic heterocycles. The molecule has 0 saturated carbocycles. The number of fused-ring (bicyclic) bond motifs is 1. The van der Waals surface area contributed by atoms with Crippen molar-refractivity contribution < 1.29 is 9.90 Å². The number of aryl methyl sites for hydroxylation is 1. The number of benzene rings is 1. The van der Waals surface area contributed by atoms with E-state index < -0.39 is 5.97 Å². The fraction of sp³-hybridized carbons (Fsp3) is 0.353. The molecule has 114 valence electrons. The minimum atomic E-state index is -0.948. The minimum absolute atomic E-state index is 0.666. The van der Waals surface area contributed by atoms with Crippen LogP contribution in [0.4, 0.5) is 0 Å². The number of aliphatic carboxylic acids is 1. The summed E-state index contributed by atoms with van der Waals surface area (Å²) in [7, 11) is 0. The van der Waals surface area contributed by atoms with Gasteiger partial charge >= 0.3 is 5.97 Å². The van der Waals surface area contributed by atoms with Gasteiger partial charge in [0.25, 0.3) is 0 Å². The summed E-state index contributed by atoms with van der Waals surface area (Å²) in [6.07, 6.45) is 4.41. The topological polar surface area (TPSA) is 49.3 Å². The quantitative estimate of drug-likeness (QED) is 0.831. The SMILES string of the molecule is CCNCC.O=C(O)C=CC1=C(Cl)c2ccccc2CC1. The van der Waals surface area contributed by atoms with Crippen LogP contribution in [0.3, 0.4) is 0 Å². The summed E-state index contributed by atoms with van der Waals surface area (Å²) in [5, 5.41) is 12.4. The van der Waals surface area contributed by atoms with E-state index in [0.717, 1.165) is 43.1 Å². The molecule has 0 atom stereocenters. The smallest absolute Gasteiger partial charge is 0.328 e. The molecule has 0 spiro atoms. The van der Waals surface area contributed by atoms with E-state index in [4.69, 9.17) is 16.7 Å². The highest BCUT2D eigenvalue weighted by Crippen LogP contribution is 2.34. The maximum absolute atomic E-state index is 10.4. The van der Waals surface area contributed by atoms with Gasteiger partial charge in [-0.25, -0.2) is 4.79 Å². The third-order valence-corrected chi connectivity index (χ3v) is 3.57. The summed E-state index contributed by atoms with van der Waals surface area (Å²) in [4.78, 5) is 10.4. The molecule has 0 amide bonds. The summed E-state index contributed by atoms with van der Waals surface area (Å²) in [6, 6.07) is 7.94. The second-order valence-electron chi connectivity index (χ2n) is 4.63. The first-order valence-electron chi connectivity index (χ1n) is 7.18. The van der Waals surface area contributed by atoms with E-state index in [1.54, 1.807) is 6.08 Å². The molecule has 4 heteroatoms. The van der Waals surface area contributed by atoms with Gasteiger partial charge in [-0.3, -0.25) is 0 Å². The highest BCUT2D eigenvalue weighted by Gasteiger charge is 2.15. The van der Waals surface area contributed by atoms with Crippen LogP contribution in [0.1, 0.15) is 31.4 Å². The number of hydrogen-bond acceptors (Lipinski definition) is 2. The maximum Gasteiger partial charge on any atom is 0.328 e. The van der Waals surface area contributed by atoms with Crippen molar-refractivity contribution in [2.24, 2.45) is 0 Å². The zero-order chi connectivity index (χ0) is 15.7. The van der Waals surface area contributed by atoms with E-state index in [9.17, 15) is 4.79 Å². The lowest BCUT2D eigenvalue weighted by Crippen LogP contribution is -2.09. The average molecular weight is 308 g/mol. The number of carboxylic acid groups (broad SMARTS) is 1. The van der Waals surface area contributed by atoms with Gasteiger partial charge in [0.05, 0.1) is 5.03 Å². The van der Waals surface area contributed by atoms with Gasteiger partial charge in [-0.15, -0.1) is 0 Å². The standard InChI is InChI=1S/C13H11ClO2.C4H11N/c14-13-10(7-8-12(15)16)6-5-9-3-1-2-4-11(9)13;1-3-5-4-2/h1-4,7-8H,5-6H2,(H,15,16);5H,3-4H2,1-2H3. The van der Waals surface area contributed by atoms with Gasteiger partial charge < -0.3 is 10.4 Å². The molecular formula is C17H22ClNO2. The van der Waals surface area contributed by atoms with Crippen LogP contribution in [0.2, 0.25) is 0 Å². The molecule has 1 aromatic rings. The van der Waals surface area contributed by atoms with Crippen LogP contribution >= 0.6 is 11.6 Å². The van der Waals surface area contributed by atoms with Gasteiger partial charge in [-0.05, 0) is 42.6 Å². The molecule has 0 radical (unpaired) electrons. The molecule has 0 fully saturated rings. The minimum Gasteiger partial charge on any atom is -0.478 e. The number of allylic oxidation sites excluding steroid dienone is 2. The molecule has 3 nitrogen and oxygen atoms in total. The van der Waals surface area contributed by atoms with Gasteiger partial charge in [-0.1, -0.05) is 55.8 Å². The Bertz CT molecular complexity index is 533. The van der Waals surface area contributed by atoms with E-state index in [1.165, 1.54) is 5.56 Å². The number of nitrogens with one attached hydrogen (secondary N) is 1. The fourth-order valence-corrected chi connectivity index (χ4v) is 2.42. The number of rotatable bonds is 4. The summed E-state index contributed by atoms with van der Waals surface area (Å²) >= 11 is 6.23. The van der Waals surface area contributed by atoms with Gasteiger partial charge in [-0.2, -0.15) is 0 Å². The Morgan fingerprint density at radius 2 is 1.95 bits per heavy atom. The molecular weight excluding hydrogens is 286 g/mol. The van der Waals surface area contributed by atoms with E-state index >= 15 is 0 Å². The Kier molecular flexibility index (Phi) is 7.80. The Balaban J connectivity index is 0.000000383. The summed E-state index contributed by atoms with van der Waals surface area (Å²) in [5.74, 6) is -0.948. The molecule has 0 heterocycles. The third kappa shape index (κ3) is 5.74. The molecule has 1 aromatic carbocycles. The van der Waals surface area contributed by atoms with Crippen LogP contribution < -0.4 is 5.32 Å². The van der Waals surface area contributed by atoms with Crippen LogP contribution in [0.15, 0.2) is 42.0 Å². The molecule has 2 N–H and O–H groups in total. The Morgan fingerprint density at radius 1 is 1.29 bits per heavy atom. The largest absolute Gasteiger partial charge is 0.478 e. The van der Waals surface area contributed by atoms with E-state index in [2.05, 4.69) is 25.2 Å². The van der Waals surface area contributed by atoms with Crippen LogP contribution in [0.25, 0.3) is 5.03 Å². The van der Waals surface area contributed by atoms with Crippen molar-refractivity contribution in [2.75, 3.05) is 13.1 Å². The normalized spacial score (nSPS) is 13.7. The monoisotopic (exact) mass is 307 g/mol. The summed E-state index contributed by atoms with van der Waals surface area (Å²) in [5.41, 5.74) is 3.13. The van der Waals surface area contributed by atoms with Crippen LogP contribution in [0, 0.1) is 0 Å². The zero-order valence-electron chi connectivity index (χ0n) is 12.5. The van der Waals surface area contributed by atoms with Crippen molar-refractivity contribution in [1.29, 1.82) is 0 Å². The Hall–Kier alpha value is -1.58. The first kappa shape index (κ1) is 17.5. The van der Waals surface area contributed by atoms with Gasteiger partial charge in [0.15, 0.2) is 0 Å². The zero-order valence-corrected chi connectivity index (χ0v) is 13.3. The highest BCUT2D eigenvalue weighted by molar-refractivity contribution is 6.49. The predicted molar refractivity (Wildman–Crippen MR) is 88.5 cm³/mol. The van der Waals surface area contributed by atoms with Gasteiger partial charge in [0.1, 0.15) is 0 Å². The van der Waals surface area contributed by atoms with Gasteiger partial charge in [0, 0.05) is 6.08 Å². The Morgan fingerprint density at radius 3 is 2.52 bits per heavy atom. The lowest BCUT2D eigenvalue weighted by atomic mass is 9.92. The van der Waals surface area contributed by atoms with E-state index in [-0.39, 0.29) is 0 Å². The fourth-order valence-electron chi connectivity index (χ4n) is 2.08. The lowest BCUT2D eigenvalue weighted by Gasteiger charge is -2.17. The number of carbonyl (C=O) groups is 1. The molecule has 0 saturated heterocycles. The second kappa shape index (κ2) is 9.37. The molecule has 1 aliphatic carbocycles. The van der Waals surface area contributed by atoms with E-state index in [0.29, 0.717) is 5.03 Å². The Labute approximate surface area is 131 Å². The first-order chi connectivity index (χ1) is 10.1. The van der Waals surface area contributed by atoms with Crippen molar-refractivity contribution in [3.8, 4) is 0 Å². The molecule has 21 heavy (non-hydrogen) atoms. The first-order valence-corrected chi connectivity index (χ1v) is 7.56. The molecule has 0 aromatic heterocycles. The lowest BCUT2D eigenvalue weighted by molar-refractivity contribution is -0.131. The number of halogens is 1. The maximum atomic E-state index is 10.4. The van der Waals surface area contributed by atoms with Crippen LogP contribution in [-0.4, -0.2) is 24.2 Å². The summed E-state index contributed by atoms with van der Waals surface area (Å²) in [6.45, 7) is 6.39. The molecule has 0 bridgehead atoms.